The van der Waals surface area contributed by atoms with Gasteiger partial charge in [-0.1, -0.05) is 40.9 Å². The van der Waals surface area contributed by atoms with Gasteiger partial charge in [-0.25, -0.2) is 4.39 Å². The number of hydrogen-bond acceptors (Lipinski definition) is 2. The van der Waals surface area contributed by atoms with Gasteiger partial charge in [0.05, 0.1) is 0 Å². The number of benzene rings is 2. The zero-order valence-electron chi connectivity index (χ0n) is 15.5. The number of aryl methyl sites for hydroxylation is 1. The first kappa shape index (κ1) is 19.9. The highest BCUT2D eigenvalue weighted by molar-refractivity contribution is 9.09. The van der Waals surface area contributed by atoms with E-state index in [1.165, 1.54) is 18.2 Å². The van der Waals surface area contributed by atoms with E-state index in [4.69, 9.17) is 0 Å². The van der Waals surface area contributed by atoms with Gasteiger partial charge in [0.25, 0.3) is 0 Å². The molecule has 0 amide bonds. The molecular formula is C23H26BrFO2. The van der Waals surface area contributed by atoms with Crippen LogP contribution >= 0.6 is 15.9 Å². The Morgan fingerprint density at radius 2 is 1.78 bits per heavy atom. The molecule has 0 aliphatic heterocycles. The van der Waals surface area contributed by atoms with Crippen LogP contribution in [-0.2, 0) is 6.42 Å². The SMILES string of the molecule is Oc1ccc(F)c(C2=C(CCCCCCBr)c3c(O)cccc3CCC2)c1. The third-order valence-corrected chi connectivity index (χ3v) is 5.81. The highest BCUT2D eigenvalue weighted by Crippen LogP contribution is 2.43. The van der Waals surface area contributed by atoms with Crippen molar-refractivity contribution < 1.29 is 14.6 Å². The minimum absolute atomic E-state index is 0.0670. The van der Waals surface area contributed by atoms with Gasteiger partial charge >= 0.3 is 0 Å². The fraction of sp³-hybridized carbons (Fsp3) is 0.391. The number of phenolic OH excluding ortho intramolecular Hbond substituents is 2. The van der Waals surface area contributed by atoms with E-state index in [2.05, 4.69) is 22.0 Å². The quantitative estimate of drug-likeness (QED) is 0.371. The van der Waals surface area contributed by atoms with Crippen LogP contribution in [0.3, 0.4) is 0 Å². The van der Waals surface area contributed by atoms with Gasteiger partial charge in [0, 0.05) is 16.5 Å². The van der Waals surface area contributed by atoms with Gasteiger partial charge < -0.3 is 10.2 Å². The Bertz CT molecular complexity index is 829. The van der Waals surface area contributed by atoms with Crippen LogP contribution in [0.15, 0.2) is 36.4 Å². The zero-order valence-corrected chi connectivity index (χ0v) is 17.1. The summed E-state index contributed by atoms with van der Waals surface area (Å²) in [5.74, 6) is 0.0127. The maximum absolute atomic E-state index is 14.6. The first-order chi connectivity index (χ1) is 13.1. The fourth-order valence-electron chi connectivity index (χ4n) is 3.97. The largest absolute Gasteiger partial charge is 0.508 e. The van der Waals surface area contributed by atoms with Crippen molar-refractivity contribution in [2.45, 2.75) is 51.4 Å². The molecule has 27 heavy (non-hydrogen) atoms. The molecule has 144 valence electrons. The molecule has 0 saturated carbocycles. The first-order valence-electron chi connectivity index (χ1n) is 9.70. The molecule has 2 nitrogen and oxygen atoms in total. The minimum Gasteiger partial charge on any atom is -0.508 e. The molecule has 1 aliphatic rings. The van der Waals surface area contributed by atoms with E-state index in [-0.39, 0.29) is 17.3 Å². The Morgan fingerprint density at radius 1 is 0.963 bits per heavy atom. The Hall–Kier alpha value is -1.81. The maximum atomic E-state index is 14.6. The highest BCUT2D eigenvalue weighted by atomic mass is 79.9. The van der Waals surface area contributed by atoms with E-state index in [9.17, 15) is 14.6 Å². The van der Waals surface area contributed by atoms with Gasteiger partial charge in [0.1, 0.15) is 17.3 Å². The molecule has 0 spiro atoms. The van der Waals surface area contributed by atoms with Crippen molar-refractivity contribution in [1.29, 1.82) is 0 Å². The predicted molar refractivity (Wildman–Crippen MR) is 113 cm³/mol. The second-order valence-electron chi connectivity index (χ2n) is 7.14. The summed E-state index contributed by atoms with van der Waals surface area (Å²) in [6, 6.07) is 9.86. The lowest BCUT2D eigenvalue weighted by Crippen LogP contribution is -1.97. The second kappa shape index (κ2) is 9.41. The van der Waals surface area contributed by atoms with Gasteiger partial charge in [-0.15, -0.1) is 0 Å². The van der Waals surface area contributed by atoms with Crippen molar-refractivity contribution >= 4 is 27.1 Å². The normalized spacial score (nSPS) is 14.1. The summed E-state index contributed by atoms with van der Waals surface area (Å²) < 4.78 is 14.6. The summed E-state index contributed by atoms with van der Waals surface area (Å²) in [5.41, 5.74) is 4.41. The van der Waals surface area contributed by atoms with Crippen molar-refractivity contribution in [2.24, 2.45) is 0 Å². The van der Waals surface area contributed by atoms with E-state index in [0.29, 0.717) is 5.56 Å². The van der Waals surface area contributed by atoms with Crippen molar-refractivity contribution in [1.82, 2.24) is 0 Å². The van der Waals surface area contributed by atoms with Crippen molar-refractivity contribution in [3.05, 3.63) is 58.9 Å². The van der Waals surface area contributed by atoms with Crippen molar-refractivity contribution in [2.75, 3.05) is 5.33 Å². The van der Waals surface area contributed by atoms with Gasteiger partial charge in [0.2, 0.25) is 0 Å². The molecule has 0 heterocycles. The van der Waals surface area contributed by atoms with Gasteiger partial charge in [-0.2, -0.15) is 0 Å². The molecule has 0 atom stereocenters. The van der Waals surface area contributed by atoms with Crippen LogP contribution in [0.4, 0.5) is 4.39 Å². The summed E-state index contributed by atoms with van der Waals surface area (Å²) in [6.45, 7) is 0. The van der Waals surface area contributed by atoms with Crippen molar-refractivity contribution in [3.63, 3.8) is 0 Å². The highest BCUT2D eigenvalue weighted by Gasteiger charge is 2.22. The average molecular weight is 433 g/mol. The number of aromatic hydroxyl groups is 2. The lowest BCUT2D eigenvalue weighted by Gasteiger charge is -2.18. The Kier molecular flexibility index (Phi) is 6.95. The summed E-state index contributed by atoms with van der Waals surface area (Å²) in [4.78, 5) is 0. The number of phenols is 2. The molecule has 0 fully saturated rings. The van der Waals surface area contributed by atoms with Gasteiger partial charge in [0.15, 0.2) is 0 Å². The minimum atomic E-state index is -0.321. The predicted octanol–water partition coefficient (Wildman–Crippen LogP) is 6.83. The Morgan fingerprint density at radius 3 is 2.59 bits per heavy atom. The summed E-state index contributed by atoms with van der Waals surface area (Å²) in [6.07, 6.45) is 7.71. The third kappa shape index (κ3) is 4.73. The fourth-order valence-corrected chi connectivity index (χ4v) is 4.36. The molecule has 0 unspecified atom stereocenters. The standard InChI is InChI=1S/C23H26BrFO2/c24-14-4-2-1-3-9-19-18(20-15-17(26)12-13-21(20)25)10-5-7-16-8-6-11-22(27)23(16)19/h6,8,11-13,15,26-27H,1-5,7,9-10,14H2. The number of allylic oxidation sites excluding steroid dienone is 2. The molecule has 0 bridgehead atoms. The van der Waals surface area contributed by atoms with E-state index < -0.39 is 0 Å². The van der Waals surface area contributed by atoms with E-state index in [1.54, 1.807) is 6.07 Å². The smallest absolute Gasteiger partial charge is 0.130 e. The molecule has 2 aromatic rings. The van der Waals surface area contributed by atoms with Crippen LogP contribution in [0.2, 0.25) is 0 Å². The van der Waals surface area contributed by atoms with Crippen LogP contribution in [0, 0.1) is 5.82 Å². The summed E-state index contributed by atoms with van der Waals surface area (Å²) >= 11 is 3.47. The Balaban J connectivity index is 2.06. The van der Waals surface area contributed by atoms with Crippen LogP contribution in [-0.4, -0.2) is 15.5 Å². The molecule has 2 aromatic carbocycles. The second-order valence-corrected chi connectivity index (χ2v) is 7.93. The molecule has 2 N–H and O–H groups in total. The number of hydrogen-bond donors (Lipinski definition) is 2. The molecule has 3 rings (SSSR count). The molecular weight excluding hydrogens is 407 g/mol. The molecule has 1 aliphatic carbocycles. The lowest BCUT2D eigenvalue weighted by molar-refractivity contribution is 0.472. The number of fused-ring (bicyclic) bond motifs is 1. The number of rotatable bonds is 7. The van der Waals surface area contributed by atoms with E-state index in [1.807, 2.05) is 6.07 Å². The van der Waals surface area contributed by atoms with Crippen LogP contribution in [0.25, 0.3) is 11.1 Å². The van der Waals surface area contributed by atoms with Gasteiger partial charge in [-0.05, 0) is 79.5 Å². The zero-order chi connectivity index (χ0) is 19.2. The van der Waals surface area contributed by atoms with Crippen molar-refractivity contribution in [3.8, 4) is 11.5 Å². The summed E-state index contributed by atoms with van der Waals surface area (Å²) in [5, 5.41) is 21.5. The molecule has 0 radical (unpaired) electrons. The van der Waals surface area contributed by atoms with Gasteiger partial charge in [-0.3, -0.25) is 0 Å². The van der Waals surface area contributed by atoms with Crippen LogP contribution in [0.5, 0.6) is 11.5 Å². The number of halogens is 2. The third-order valence-electron chi connectivity index (χ3n) is 5.25. The average Bonchev–Trinajstić information content (AvgIpc) is 2.84. The number of unbranched alkanes of at least 4 members (excludes halogenated alkanes) is 3. The Labute approximate surface area is 168 Å². The van der Waals surface area contributed by atoms with E-state index in [0.717, 1.165) is 79.0 Å². The first-order valence-corrected chi connectivity index (χ1v) is 10.8. The summed E-state index contributed by atoms with van der Waals surface area (Å²) in [7, 11) is 0. The van der Waals surface area contributed by atoms with Crippen LogP contribution in [0.1, 0.15) is 61.6 Å². The van der Waals surface area contributed by atoms with E-state index >= 15 is 0 Å². The molecule has 0 saturated heterocycles. The molecule has 4 heteroatoms. The lowest BCUT2D eigenvalue weighted by atomic mass is 9.88. The van der Waals surface area contributed by atoms with Crippen LogP contribution < -0.4 is 0 Å². The maximum Gasteiger partial charge on any atom is 0.130 e. The monoisotopic (exact) mass is 432 g/mol. The molecule has 0 aromatic heterocycles. The number of alkyl halides is 1. The topological polar surface area (TPSA) is 40.5 Å².